The highest BCUT2D eigenvalue weighted by molar-refractivity contribution is 5.99. The quantitative estimate of drug-likeness (QED) is 0.619. The molecule has 19 heavy (non-hydrogen) atoms. The molecule has 0 heterocycles. The normalized spacial score (nSPS) is 10.9. The third-order valence-electron chi connectivity index (χ3n) is 2.45. The first kappa shape index (κ1) is 14.6. The maximum Gasteiger partial charge on any atom is 0.270 e. The van der Waals surface area contributed by atoms with E-state index in [1.807, 2.05) is 0 Å². The lowest BCUT2D eigenvalue weighted by Gasteiger charge is -2.22. The lowest BCUT2D eigenvalue weighted by molar-refractivity contribution is -0.384. The molecule has 1 aromatic rings. The molecule has 0 aromatic heterocycles. The van der Waals surface area contributed by atoms with Crippen molar-refractivity contribution in [2.75, 3.05) is 0 Å². The number of carbonyl (C=O) groups excluding carboxylic acids is 2. The van der Waals surface area contributed by atoms with Gasteiger partial charge in [0.2, 0.25) is 5.91 Å². The molecule has 102 valence electrons. The molecule has 0 atom stereocenters. The van der Waals surface area contributed by atoms with Gasteiger partial charge < -0.3 is 11.1 Å². The van der Waals surface area contributed by atoms with E-state index in [-0.39, 0.29) is 0 Å². The zero-order valence-electron chi connectivity index (χ0n) is 10.3. The first-order valence-corrected chi connectivity index (χ1v) is 5.21. The summed E-state index contributed by atoms with van der Waals surface area (Å²) in [4.78, 5) is 32.6. The van der Waals surface area contributed by atoms with E-state index in [1.54, 1.807) is 0 Å². The summed E-state index contributed by atoms with van der Waals surface area (Å²) in [6.45, 7) is 2.67. The molecule has 1 rings (SSSR count). The molecule has 8 heteroatoms. The van der Waals surface area contributed by atoms with Crippen LogP contribution in [0.3, 0.4) is 0 Å². The van der Waals surface area contributed by atoms with Gasteiger partial charge in [0.05, 0.1) is 10.5 Å². The van der Waals surface area contributed by atoms with Crippen molar-refractivity contribution >= 4 is 17.5 Å². The van der Waals surface area contributed by atoms with Crippen LogP contribution in [0.15, 0.2) is 18.2 Å². The lowest BCUT2D eigenvalue weighted by Crippen LogP contribution is -2.53. The molecule has 0 radical (unpaired) electrons. The van der Waals surface area contributed by atoms with E-state index in [0.29, 0.717) is 0 Å². The van der Waals surface area contributed by atoms with E-state index in [0.717, 1.165) is 18.2 Å². The molecule has 7 nitrogen and oxygen atoms in total. The van der Waals surface area contributed by atoms with Crippen molar-refractivity contribution in [1.82, 2.24) is 5.32 Å². The fourth-order valence-electron chi connectivity index (χ4n) is 1.21. The highest BCUT2D eigenvalue weighted by Gasteiger charge is 2.29. The van der Waals surface area contributed by atoms with Crippen LogP contribution in [-0.2, 0) is 4.79 Å². The maximum atomic E-state index is 13.5. The van der Waals surface area contributed by atoms with Gasteiger partial charge in [0, 0.05) is 12.1 Å². The minimum atomic E-state index is -1.39. The van der Waals surface area contributed by atoms with Crippen molar-refractivity contribution in [2.24, 2.45) is 5.73 Å². The predicted octanol–water partition coefficient (Wildman–Crippen LogP) is 0.728. The smallest absolute Gasteiger partial charge is 0.270 e. The van der Waals surface area contributed by atoms with Gasteiger partial charge >= 0.3 is 0 Å². The maximum absolute atomic E-state index is 13.5. The van der Waals surface area contributed by atoms with Crippen molar-refractivity contribution < 1.29 is 18.9 Å². The second kappa shape index (κ2) is 5.01. The molecule has 0 bridgehead atoms. The van der Waals surface area contributed by atoms with Crippen LogP contribution >= 0.6 is 0 Å². The van der Waals surface area contributed by atoms with Crippen LogP contribution in [-0.4, -0.2) is 22.3 Å². The first-order valence-electron chi connectivity index (χ1n) is 5.21. The highest BCUT2D eigenvalue weighted by atomic mass is 19.1. The average molecular weight is 269 g/mol. The number of primary amides is 1. The molecule has 1 aromatic carbocycles. The van der Waals surface area contributed by atoms with Gasteiger partial charge in [-0.3, -0.25) is 19.7 Å². The second-order valence-corrected chi connectivity index (χ2v) is 4.36. The van der Waals surface area contributed by atoms with E-state index in [9.17, 15) is 24.1 Å². The number of nitro groups is 1. The molecule has 2 amide bonds. The molecular formula is C11H12FN3O4. The van der Waals surface area contributed by atoms with Crippen LogP contribution in [0.1, 0.15) is 24.2 Å². The van der Waals surface area contributed by atoms with E-state index in [2.05, 4.69) is 5.32 Å². The number of nitrogens with zero attached hydrogens (tertiary/aromatic N) is 1. The third kappa shape index (κ3) is 3.24. The predicted molar refractivity (Wildman–Crippen MR) is 63.8 cm³/mol. The Balaban J connectivity index is 3.09. The fraction of sp³-hybridized carbons (Fsp3) is 0.273. The molecule has 3 N–H and O–H groups in total. The van der Waals surface area contributed by atoms with E-state index >= 15 is 0 Å². The lowest BCUT2D eigenvalue weighted by atomic mass is 10.0. The monoisotopic (exact) mass is 269 g/mol. The number of halogens is 1. The van der Waals surface area contributed by atoms with E-state index in [1.165, 1.54) is 13.8 Å². The van der Waals surface area contributed by atoms with Crippen LogP contribution in [0.2, 0.25) is 0 Å². The van der Waals surface area contributed by atoms with Crippen LogP contribution in [0.25, 0.3) is 0 Å². The number of non-ortho nitro benzene ring substituents is 1. The Hall–Kier alpha value is -2.51. The van der Waals surface area contributed by atoms with Gasteiger partial charge in [0.15, 0.2) is 0 Å². The van der Waals surface area contributed by atoms with Gasteiger partial charge in [0.25, 0.3) is 11.6 Å². The van der Waals surface area contributed by atoms with Gasteiger partial charge in [-0.1, -0.05) is 0 Å². The number of hydrogen-bond donors (Lipinski definition) is 2. The Morgan fingerprint density at radius 1 is 1.42 bits per heavy atom. The first-order chi connectivity index (χ1) is 8.65. The van der Waals surface area contributed by atoms with Gasteiger partial charge in [-0.15, -0.1) is 0 Å². The van der Waals surface area contributed by atoms with Crippen LogP contribution in [0, 0.1) is 15.9 Å². The van der Waals surface area contributed by atoms with Gasteiger partial charge in [-0.25, -0.2) is 4.39 Å². The summed E-state index contributed by atoms with van der Waals surface area (Å²) in [6.07, 6.45) is 0. The molecule has 0 saturated carbocycles. The minimum absolute atomic E-state index is 0.427. The molecule has 0 aliphatic heterocycles. The summed E-state index contributed by atoms with van der Waals surface area (Å²) < 4.78 is 13.5. The number of hydrogen-bond acceptors (Lipinski definition) is 4. The number of nitro benzene ring substituents is 1. The molecule has 0 fully saturated rings. The average Bonchev–Trinajstić information content (AvgIpc) is 2.28. The van der Waals surface area contributed by atoms with Crippen LogP contribution in [0.4, 0.5) is 10.1 Å². The summed E-state index contributed by atoms with van der Waals surface area (Å²) in [7, 11) is 0. The summed E-state index contributed by atoms with van der Waals surface area (Å²) in [5, 5.41) is 12.8. The van der Waals surface area contributed by atoms with Gasteiger partial charge in [-0.05, 0) is 19.9 Å². The summed E-state index contributed by atoms with van der Waals surface area (Å²) >= 11 is 0. The molecule has 0 aliphatic carbocycles. The minimum Gasteiger partial charge on any atom is -0.368 e. The zero-order chi connectivity index (χ0) is 14.8. The Bertz CT molecular complexity index is 557. The SMILES string of the molecule is CC(C)(NC(=O)c1cc([N+](=O)[O-])ccc1F)C(N)=O. The number of amides is 2. The second-order valence-electron chi connectivity index (χ2n) is 4.36. The van der Waals surface area contributed by atoms with Crippen molar-refractivity contribution in [3.8, 4) is 0 Å². The number of benzene rings is 1. The van der Waals surface area contributed by atoms with Crippen molar-refractivity contribution in [2.45, 2.75) is 19.4 Å². The molecule has 0 unspecified atom stereocenters. The van der Waals surface area contributed by atoms with Crippen LogP contribution < -0.4 is 11.1 Å². The van der Waals surface area contributed by atoms with Crippen molar-refractivity contribution in [3.63, 3.8) is 0 Å². The third-order valence-corrected chi connectivity index (χ3v) is 2.45. The Kier molecular flexibility index (Phi) is 3.83. The number of rotatable bonds is 4. The highest BCUT2D eigenvalue weighted by Crippen LogP contribution is 2.17. The standard InChI is InChI=1S/C11H12FN3O4/c1-11(2,10(13)17)14-9(16)7-5-6(15(18)19)3-4-8(7)12/h3-5H,1-2H3,(H2,13,17)(H,14,16). The van der Waals surface area contributed by atoms with E-state index in [4.69, 9.17) is 5.73 Å². The van der Waals surface area contributed by atoms with Gasteiger partial charge in [-0.2, -0.15) is 0 Å². The summed E-state index contributed by atoms with van der Waals surface area (Å²) in [5.74, 6) is -2.69. The molecular weight excluding hydrogens is 257 g/mol. The summed E-state index contributed by atoms with van der Waals surface area (Å²) in [5.41, 5.74) is 2.71. The van der Waals surface area contributed by atoms with Crippen molar-refractivity contribution in [3.05, 3.63) is 39.7 Å². The van der Waals surface area contributed by atoms with Gasteiger partial charge in [0.1, 0.15) is 11.4 Å². The van der Waals surface area contributed by atoms with Crippen molar-refractivity contribution in [1.29, 1.82) is 0 Å². The number of nitrogens with two attached hydrogens (primary N) is 1. The molecule has 0 aliphatic rings. The topological polar surface area (TPSA) is 115 Å². The Morgan fingerprint density at radius 2 is 2.00 bits per heavy atom. The summed E-state index contributed by atoms with van der Waals surface area (Å²) in [6, 6.07) is 2.54. The zero-order valence-corrected chi connectivity index (χ0v) is 10.3. The molecule has 0 saturated heterocycles. The fourth-order valence-corrected chi connectivity index (χ4v) is 1.21. The number of nitrogens with one attached hydrogen (secondary N) is 1. The van der Waals surface area contributed by atoms with E-state index < -0.39 is 39.3 Å². The Labute approximate surface area is 107 Å². The molecule has 0 spiro atoms. The van der Waals surface area contributed by atoms with Crippen LogP contribution in [0.5, 0.6) is 0 Å². The Morgan fingerprint density at radius 3 is 2.47 bits per heavy atom. The number of carbonyl (C=O) groups is 2. The largest absolute Gasteiger partial charge is 0.368 e.